The van der Waals surface area contributed by atoms with Gasteiger partial charge >= 0.3 is 0 Å². The average molecular weight is 238 g/mol. The first-order valence-electron chi connectivity index (χ1n) is 6.07. The highest BCUT2D eigenvalue weighted by Gasteiger charge is 2.30. The number of anilines is 2. The van der Waals surface area contributed by atoms with Gasteiger partial charge in [0.1, 0.15) is 0 Å². The van der Waals surface area contributed by atoms with Gasteiger partial charge in [-0.2, -0.15) is 0 Å². The van der Waals surface area contributed by atoms with Crippen LogP contribution in [0.2, 0.25) is 0 Å². The molecule has 1 saturated carbocycles. The third-order valence-electron chi connectivity index (χ3n) is 3.06. The molecule has 1 fully saturated rings. The fraction of sp³-hybridized carbons (Fsp3) is 0.538. The lowest BCUT2D eigenvalue weighted by molar-refractivity contribution is 0.386. The molecule has 0 heterocycles. The van der Waals surface area contributed by atoms with Crippen LogP contribution in [0.5, 0.6) is 5.75 Å². The third kappa shape index (κ3) is 2.46. The fourth-order valence-corrected chi connectivity index (χ4v) is 2.09. The Bertz CT molecular complexity index is 405. The Morgan fingerprint density at radius 2 is 2.18 bits per heavy atom. The van der Waals surface area contributed by atoms with E-state index in [0.717, 1.165) is 18.7 Å². The van der Waals surface area contributed by atoms with Crippen LogP contribution in [0.3, 0.4) is 0 Å². The summed E-state index contributed by atoms with van der Waals surface area (Å²) in [5, 5.41) is 0. The summed E-state index contributed by atoms with van der Waals surface area (Å²) < 4.78 is 18.5. The first kappa shape index (κ1) is 12.0. The lowest BCUT2D eigenvalue weighted by Crippen LogP contribution is -2.27. The van der Waals surface area contributed by atoms with E-state index < -0.39 is 5.82 Å². The van der Waals surface area contributed by atoms with E-state index in [1.54, 1.807) is 6.07 Å². The van der Waals surface area contributed by atoms with Crippen LogP contribution in [0.4, 0.5) is 15.8 Å². The van der Waals surface area contributed by atoms with Gasteiger partial charge in [-0.25, -0.2) is 4.39 Å². The zero-order valence-electron chi connectivity index (χ0n) is 10.4. The summed E-state index contributed by atoms with van der Waals surface area (Å²) in [6.45, 7) is 3.08. The Balaban J connectivity index is 2.34. The topological polar surface area (TPSA) is 38.5 Å². The smallest absolute Gasteiger partial charge is 0.167 e. The number of nitrogen functional groups attached to an aromatic ring is 1. The molecule has 17 heavy (non-hydrogen) atoms. The van der Waals surface area contributed by atoms with Crippen molar-refractivity contribution < 1.29 is 9.13 Å². The SMILES string of the molecule is CCCN(c1cc(OC)c(F)cc1N)C1CC1. The molecular weight excluding hydrogens is 219 g/mol. The number of hydrogen-bond donors (Lipinski definition) is 1. The van der Waals surface area contributed by atoms with Crippen LogP contribution in [0.1, 0.15) is 26.2 Å². The molecule has 0 amide bonds. The summed E-state index contributed by atoms with van der Waals surface area (Å²) in [6.07, 6.45) is 3.44. The predicted molar refractivity (Wildman–Crippen MR) is 68.0 cm³/mol. The average Bonchev–Trinajstić information content (AvgIpc) is 3.11. The van der Waals surface area contributed by atoms with E-state index in [2.05, 4.69) is 11.8 Å². The monoisotopic (exact) mass is 238 g/mol. The second-order valence-electron chi connectivity index (χ2n) is 4.47. The molecule has 1 aromatic rings. The maximum absolute atomic E-state index is 13.5. The summed E-state index contributed by atoms with van der Waals surface area (Å²) in [5.41, 5.74) is 7.29. The van der Waals surface area contributed by atoms with Gasteiger partial charge in [0.25, 0.3) is 0 Å². The Kier molecular flexibility index (Phi) is 3.41. The van der Waals surface area contributed by atoms with Crippen molar-refractivity contribution in [3.8, 4) is 5.75 Å². The van der Waals surface area contributed by atoms with Gasteiger partial charge in [0.15, 0.2) is 11.6 Å². The Hall–Kier alpha value is -1.45. The van der Waals surface area contributed by atoms with Crippen LogP contribution in [-0.2, 0) is 0 Å². The molecular formula is C13H19FN2O. The second-order valence-corrected chi connectivity index (χ2v) is 4.47. The molecule has 0 aromatic heterocycles. The first-order chi connectivity index (χ1) is 8.17. The van der Waals surface area contributed by atoms with Crippen LogP contribution in [0.25, 0.3) is 0 Å². The van der Waals surface area contributed by atoms with Gasteiger partial charge in [-0.05, 0) is 19.3 Å². The predicted octanol–water partition coefficient (Wildman–Crippen LogP) is 2.80. The van der Waals surface area contributed by atoms with Crippen molar-refractivity contribution in [2.24, 2.45) is 0 Å². The molecule has 2 rings (SSSR count). The molecule has 1 aliphatic carbocycles. The third-order valence-corrected chi connectivity index (χ3v) is 3.06. The highest BCUT2D eigenvalue weighted by Crippen LogP contribution is 2.37. The van der Waals surface area contributed by atoms with Crippen LogP contribution < -0.4 is 15.4 Å². The van der Waals surface area contributed by atoms with Crippen molar-refractivity contribution in [3.63, 3.8) is 0 Å². The zero-order chi connectivity index (χ0) is 12.4. The number of nitrogens with two attached hydrogens (primary N) is 1. The van der Waals surface area contributed by atoms with Crippen molar-refractivity contribution in [2.45, 2.75) is 32.2 Å². The maximum Gasteiger partial charge on any atom is 0.167 e. The van der Waals surface area contributed by atoms with E-state index in [1.807, 2.05) is 0 Å². The molecule has 0 radical (unpaired) electrons. The standard InChI is InChI=1S/C13H19FN2O/c1-3-6-16(9-4-5-9)12-8-13(17-2)10(14)7-11(12)15/h7-9H,3-6,15H2,1-2H3. The molecule has 0 bridgehead atoms. The number of benzene rings is 1. The summed E-state index contributed by atoms with van der Waals surface area (Å²) in [5.74, 6) is -0.142. The van der Waals surface area contributed by atoms with Gasteiger partial charge in [0.2, 0.25) is 0 Å². The molecule has 0 saturated heterocycles. The molecule has 0 unspecified atom stereocenters. The van der Waals surface area contributed by atoms with Gasteiger partial charge in [0.05, 0.1) is 18.5 Å². The first-order valence-corrected chi connectivity index (χ1v) is 6.07. The van der Waals surface area contributed by atoms with Gasteiger partial charge in [-0.1, -0.05) is 6.92 Å². The van der Waals surface area contributed by atoms with Crippen LogP contribution in [0.15, 0.2) is 12.1 Å². The molecule has 4 heteroatoms. The van der Waals surface area contributed by atoms with Crippen molar-refractivity contribution in [2.75, 3.05) is 24.3 Å². The van der Waals surface area contributed by atoms with E-state index in [9.17, 15) is 4.39 Å². The quantitative estimate of drug-likeness (QED) is 0.802. The number of ether oxygens (including phenoxy) is 1. The van der Waals surface area contributed by atoms with Gasteiger partial charge < -0.3 is 15.4 Å². The van der Waals surface area contributed by atoms with E-state index in [-0.39, 0.29) is 5.75 Å². The summed E-state index contributed by atoms with van der Waals surface area (Å²) in [7, 11) is 1.47. The Morgan fingerprint density at radius 3 is 2.71 bits per heavy atom. The highest BCUT2D eigenvalue weighted by atomic mass is 19.1. The van der Waals surface area contributed by atoms with E-state index in [0.29, 0.717) is 11.7 Å². The molecule has 0 atom stereocenters. The summed E-state index contributed by atoms with van der Waals surface area (Å²) in [4.78, 5) is 2.26. The minimum absolute atomic E-state index is 0.260. The number of hydrogen-bond acceptors (Lipinski definition) is 3. The van der Waals surface area contributed by atoms with Gasteiger partial charge in [0, 0.05) is 24.7 Å². The highest BCUT2D eigenvalue weighted by molar-refractivity contribution is 5.70. The van der Waals surface area contributed by atoms with Crippen LogP contribution >= 0.6 is 0 Å². The number of methoxy groups -OCH3 is 1. The summed E-state index contributed by atoms with van der Waals surface area (Å²) in [6, 6.07) is 3.62. The molecule has 0 aliphatic heterocycles. The number of halogens is 1. The lowest BCUT2D eigenvalue weighted by Gasteiger charge is -2.26. The molecule has 0 spiro atoms. The Labute approximate surface area is 101 Å². The van der Waals surface area contributed by atoms with Crippen molar-refractivity contribution >= 4 is 11.4 Å². The normalized spacial score (nSPS) is 14.8. The number of rotatable bonds is 5. The molecule has 3 nitrogen and oxygen atoms in total. The molecule has 2 N–H and O–H groups in total. The van der Waals surface area contributed by atoms with E-state index >= 15 is 0 Å². The molecule has 94 valence electrons. The van der Waals surface area contributed by atoms with Gasteiger partial charge in [-0.3, -0.25) is 0 Å². The molecule has 1 aliphatic rings. The minimum atomic E-state index is -0.402. The van der Waals surface area contributed by atoms with E-state index in [1.165, 1.54) is 26.0 Å². The number of nitrogens with zero attached hydrogens (tertiary/aromatic N) is 1. The molecule has 1 aromatic carbocycles. The maximum atomic E-state index is 13.5. The summed E-state index contributed by atoms with van der Waals surface area (Å²) >= 11 is 0. The zero-order valence-corrected chi connectivity index (χ0v) is 10.4. The van der Waals surface area contributed by atoms with Crippen LogP contribution in [-0.4, -0.2) is 19.7 Å². The van der Waals surface area contributed by atoms with Crippen molar-refractivity contribution in [1.29, 1.82) is 0 Å². The largest absolute Gasteiger partial charge is 0.494 e. The minimum Gasteiger partial charge on any atom is -0.494 e. The fourth-order valence-electron chi connectivity index (χ4n) is 2.09. The van der Waals surface area contributed by atoms with Crippen molar-refractivity contribution in [3.05, 3.63) is 17.9 Å². The second kappa shape index (κ2) is 4.82. The lowest BCUT2D eigenvalue weighted by atomic mass is 10.2. The van der Waals surface area contributed by atoms with Crippen molar-refractivity contribution in [1.82, 2.24) is 0 Å². The van der Waals surface area contributed by atoms with Crippen LogP contribution in [0, 0.1) is 5.82 Å². The van der Waals surface area contributed by atoms with E-state index in [4.69, 9.17) is 10.5 Å². The van der Waals surface area contributed by atoms with Gasteiger partial charge in [-0.15, -0.1) is 0 Å². The Morgan fingerprint density at radius 1 is 1.47 bits per heavy atom.